The SMILES string of the molecule is CC(C)[C@@H](COc1ccc(F)cc1F)NC(=O)C[C@H](NC(=O)OCc1ccccc1)[C@H](Cc1ccccc1)NC(=O)OC(C)(C)C. The van der Waals surface area contributed by atoms with Crippen LogP contribution in [0.15, 0.2) is 78.9 Å². The lowest BCUT2D eigenvalue weighted by Gasteiger charge is -2.31. The van der Waals surface area contributed by atoms with Crippen LogP contribution in [0.1, 0.15) is 52.2 Å². The topological polar surface area (TPSA) is 115 Å². The van der Waals surface area contributed by atoms with Gasteiger partial charge in [0.1, 0.15) is 24.6 Å². The van der Waals surface area contributed by atoms with E-state index in [-0.39, 0.29) is 37.7 Å². The molecule has 3 atom stereocenters. The first kappa shape index (κ1) is 35.8. The van der Waals surface area contributed by atoms with Crippen LogP contribution < -0.4 is 20.7 Å². The first-order chi connectivity index (χ1) is 21.8. The average Bonchev–Trinajstić information content (AvgIpc) is 2.98. The van der Waals surface area contributed by atoms with E-state index in [1.54, 1.807) is 20.8 Å². The van der Waals surface area contributed by atoms with Crippen LogP contribution in [0.2, 0.25) is 0 Å². The van der Waals surface area contributed by atoms with Gasteiger partial charge in [-0.3, -0.25) is 4.79 Å². The molecule has 0 spiro atoms. The highest BCUT2D eigenvalue weighted by molar-refractivity contribution is 5.78. The molecule has 0 bridgehead atoms. The number of alkyl carbamates (subject to hydrolysis) is 2. The van der Waals surface area contributed by atoms with Crippen molar-refractivity contribution in [3.05, 3.63) is 102 Å². The predicted octanol–water partition coefficient (Wildman–Crippen LogP) is 6.31. The molecule has 3 N–H and O–H groups in total. The lowest BCUT2D eigenvalue weighted by atomic mass is 9.96. The average molecular weight is 640 g/mol. The molecule has 0 aromatic heterocycles. The zero-order valence-corrected chi connectivity index (χ0v) is 26.8. The van der Waals surface area contributed by atoms with Crippen LogP contribution in [0.4, 0.5) is 18.4 Å². The van der Waals surface area contributed by atoms with Crippen molar-refractivity contribution in [2.45, 2.75) is 77.8 Å². The molecular weight excluding hydrogens is 596 g/mol. The Kier molecular flexibility index (Phi) is 13.3. The molecule has 0 aliphatic carbocycles. The largest absolute Gasteiger partial charge is 0.488 e. The molecule has 3 aromatic rings. The third-order valence-corrected chi connectivity index (χ3v) is 6.87. The molecule has 0 aliphatic rings. The van der Waals surface area contributed by atoms with Crippen LogP contribution in [0.25, 0.3) is 0 Å². The number of rotatable bonds is 14. The molecule has 11 heteroatoms. The molecular formula is C35H43F2N3O6. The van der Waals surface area contributed by atoms with Gasteiger partial charge in [0.15, 0.2) is 11.6 Å². The molecule has 0 aliphatic heterocycles. The number of carbonyl (C=O) groups excluding carboxylic acids is 3. The summed E-state index contributed by atoms with van der Waals surface area (Å²) in [7, 11) is 0. The number of carbonyl (C=O) groups is 3. The summed E-state index contributed by atoms with van der Waals surface area (Å²) in [5.41, 5.74) is 0.838. The molecule has 0 unspecified atom stereocenters. The Hall–Kier alpha value is -4.67. The summed E-state index contributed by atoms with van der Waals surface area (Å²) >= 11 is 0. The molecule has 9 nitrogen and oxygen atoms in total. The number of amides is 3. The molecule has 3 amide bonds. The van der Waals surface area contributed by atoms with Gasteiger partial charge in [-0.05, 0) is 56.4 Å². The van der Waals surface area contributed by atoms with E-state index in [1.165, 1.54) is 6.07 Å². The summed E-state index contributed by atoms with van der Waals surface area (Å²) < 4.78 is 44.0. The monoisotopic (exact) mass is 639 g/mol. The molecule has 46 heavy (non-hydrogen) atoms. The van der Waals surface area contributed by atoms with Crippen LogP contribution in [0.3, 0.4) is 0 Å². The van der Waals surface area contributed by atoms with Crippen molar-refractivity contribution in [1.29, 1.82) is 0 Å². The van der Waals surface area contributed by atoms with Crippen molar-refractivity contribution in [1.82, 2.24) is 16.0 Å². The van der Waals surface area contributed by atoms with Crippen LogP contribution >= 0.6 is 0 Å². The third kappa shape index (κ3) is 12.7. The van der Waals surface area contributed by atoms with Gasteiger partial charge in [0, 0.05) is 12.5 Å². The maximum atomic E-state index is 14.2. The predicted molar refractivity (Wildman–Crippen MR) is 170 cm³/mol. The molecule has 0 fully saturated rings. The van der Waals surface area contributed by atoms with E-state index in [0.29, 0.717) is 0 Å². The summed E-state index contributed by atoms with van der Waals surface area (Å²) in [5, 5.41) is 8.50. The van der Waals surface area contributed by atoms with E-state index < -0.39 is 53.5 Å². The number of halogens is 2. The maximum Gasteiger partial charge on any atom is 0.407 e. The molecule has 0 saturated carbocycles. The van der Waals surface area contributed by atoms with Gasteiger partial charge in [0.2, 0.25) is 5.91 Å². The fourth-order valence-electron chi connectivity index (χ4n) is 4.47. The van der Waals surface area contributed by atoms with Gasteiger partial charge >= 0.3 is 12.2 Å². The first-order valence-corrected chi connectivity index (χ1v) is 15.2. The number of hydrogen-bond donors (Lipinski definition) is 3. The second kappa shape index (κ2) is 17.1. The van der Waals surface area contributed by atoms with Crippen molar-refractivity contribution in [2.75, 3.05) is 6.61 Å². The van der Waals surface area contributed by atoms with Crippen molar-refractivity contribution in [3.63, 3.8) is 0 Å². The Balaban J connectivity index is 1.80. The first-order valence-electron chi connectivity index (χ1n) is 15.2. The second-order valence-electron chi connectivity index (χ2n) is 12.3. The summed E-state index contributed by atoms with van der Waals surface area (Å²) in [6.07, 6.45) is -1.48. The molecule has 3 rings (SSSR count). The molecule has 0 saturated heterocycles. The maximum absolute atomic E-state index is 14.2. The minimum absolute atomic E-state index is 0.00113. The van der Waals surface area contributed by atoms with E-state index in [9.17, 15) is 23.2 Å². The van der Waals surface area contributed by atoms with Gasteiger partial charge in [-0.2, -0.15) is 0 Å². The quantitative estimate of drug-likeness (QED) is 0.191. The van der Waals surface area contributed by atoms with E-state index in [0.717, 1.165) is 23.3 Å². The Morgan fingerprint density at radius 2 is 1.37 bits per heavy atom. The number of hydrogen-bond acceptors (Lipinski definition) is 6. The van der Waals surface area contributed by atoms with Gasteiger partial charge in [0.25, 0.3) is 0 Å². The number of ether oxygens (including phenoxy) is 3. The van der Waals surface area contributed by atoms with Crippen LogP contribution in [0, 0.1) is 17.6 Å². The Bertz CT molecular complexity index is 1420. The van der Waals surface area contributed by atoms with E-state index >= 15 is 0 Å². The highest BCUT2D eigenvalue weighted by Gasteiger charge is 2.31. The Labute approximate surface area is 269 Å². The number of nitrogens with one attached hydrogen (secondary N) is 3. The highest BCUT2D eigenvalue weighted by atomic mass is 19.1. The summed E-state index contributed by atoms with van der Waals surface area (Å²) in [5.74, 6) is -2.32. The van der Waals surface area contributed by atoms with E-state index in [2.05, 4.69) is 16.0 Å². The molecule has 248 valence electrons. The fraction of sp³-hybridized carbons (Fsp3) is 0.400. The minimum atomic E-state index is -0.931. The van der Waals surface area contributed by atoms with Crippen LogP contribution in [-0.4, -0.2) is 48.4 Å². The van der Waals surface area contributed by atoms with Gasteiger partial charge in [0.05, 0.1) is 18.1 Å². The zero-order valence-electron chi connectivity index (χ0n) is 26.8. The van der Waals surface area contributed by atoms with Crippen molar-refractivity contribution < 1.29 is 37.4 Å². The minimum Gasteiger partial charge on any atom is -0.488 e. The smallest absolute Gasteiger partial charge is 0.407 e. The third-order valence-electron chi connectivity index (χ3n) is 6.87. The highest BCUT2D eigenvalue weighted by Crippen LogP contribution is 2.19. The summed E-state index contributed by atoms with van der Waals surface area (Å²) in [6, 6.07) is 19.1. The normalized spacial score (nSPS) is 13.2. The van der Waals surface area contributed by atoms with Crippen molar-refractivity contribution >= 4 is 18.1 Å². The Morgan fingerprint density at radius 1 is 0.761 bits per heavy atom. The van der Waals surface area contributed by atoms with Crippen LogP contribution in [0.5, 0.6) is 5.75 Å². The second-order valence-corrected chi connectivity index (χ2v) is 12.3. The number of benzene rings is 3. The molecule has 0 radical (unpaired) electrons. The summed E-state index contributed by atoms with van der Waals surface area (Å²) in [6.45, 7) is 8.81. The van der Waals surface area contributed by atoms with E-state index in [4.69, 9.17) is 14.2 Å². The lowest BCUT2D eigenvalue weighted by Crippen LogP contribution is -2.56. The molecule has 3 aromatic carbocycles. The van der Waals surface area contributed by atoms with Gasteiger partial charge in [-0.1, -0.05) is 74.5 Å². The van der Waals surface area contributed by atoms with Crippen molar-refractivity contribution in [2.24, 2.45) is 5.92 Å². The lowest BCUT2D eigenvalue weighted by molar-refractivity contribution is -0.123. The van der Waals surface area contributed by atoms with Gasteiger partial charge in [-0.25, -0.2) is 18.4 Å². The van der Waals surface area contributed by atoms with Gasteiger partial charge < -0.3 is 30.2 Å². The van der Waals surface area contributed by atoms with E-state index in [1.807, 2.05) is 74.5 Å². The fourth-order valence-corrected chi connectivity index (χ4v) is 4.47. The summed E-state index contributed by atoms with van der Waals surface area (Å²) in [4.78, 5) is 39.5. The zero-order chi connectivity index (χ0) is 33.7. The van der Waals surface area contributed by atoms with Crippen LogP contribution in [-0.2, 0) is 27.3 Å². The molecule has 0 heterocycles. The van der Waals surface area contributed by atoms with Crippen molar-refractivity contribution in [3.8, 4) is 5.75 Å². The Morgan fingerprint density at radius 3 is 1.96 bits per heavy atom. The standard InChI is InChI=1S/C35H43F2N3O6/c1-23(2)30(22-44-31-17-16-26(36)19-27(31)37)38-32(41)20-29(39-33(42)45-21-25-14-10-7-11-15-25)28(18-24-12-8-6-9-13-24)40-34(43)46-35(3,4)5/h6-17,19,23,28-30H,18,20-22H2,1-5H3,(H,38,41)(H,39,42)(H,40,43)/t28-,29-,30+/m0/s1. The van der Waals surface area contributed by atoms with Gasteiger partial charge in [-0.15, -0.1) is 0 Å².